The molecule has 0 rings (SSSR count). The van der Waals surface area contributed by atoms with Crippen LogP contribution in [0.25, 0.3) is 0 Å². The predicted molar refractivity (Wildman–Crippen MR) is 33.8 cm³/mol. The van der Waals surface area contributed by atoms with Gasteiger partial charge in [0, 0.05) is 6.54 Å². The third kappa shape index (κ3) is 42.2. The van der Waals surface area contributed by atoms with Crippen LogP contribution in [0.15, 0.2) is 12.7 Å². The number of hydrogen-bond donors (Lipinski definition) is 0. The Balaban J connectivity index is 0. The summed E-state index contributed by atoms with van der Waals surface area (Å²) < 4.78 is 0. The molecule has 0 fully saturated rings. The van der Waals surface area contributed by atoms with E-state index in [-0.39, 0.29) is 6.15 Å². The fourth-order valence-corrected chi connectivity index (χ4v) is 0.258. The third-order valence-electron chi connectivity index (χ3n) is 0.494. The first-order chi connectivity index (χ1) is 4.18. The van der Waals surface area contributed by atoms with Gasteiger partial charge in [-0.1, -0.05) is 6.08 Å². The van der Waals surface area contributed by atoms with Crippen LogP contribution in [0, 0.1) is 0 Å². The van der Waals surface area contributed by atoms with E-state index >= 15 is 0 Å². The van der Waals surface area contributed by atoms with E-state index in [4.69, 9.17) is 9.59 Å². The molecular formula is C6H11NO2. The molecule has 0 aliphatic carbocycles. The number of carbonyl (C=O) groups excluding carboxylic acids is 2. The smallest absolute Gasteiger partial charge is 0.306 e. The number of nitrogens with zero attached hydrogens (tertiary/aromatic N) is 1. The van der Waals surface area contributed by atoms with Crippen LogP contribution in [0.1, 0.15) is 0 Å². The van der Waals surface area contributed by atoms with Crippen LogP contribution in [-0.2, 0) is 9.59 Å². The van der Waals surface area contributed by atoms with Gasteiger partial charge in [-0.05, 0) is 14.1 Å². The summed E-state index contributed by atoms with van der Waals surface area (Å²) in [6, 6.07) is 0. The van der Waals surface area contributed by atoms with Crippen LogP contribution in [0.4, 0.5) is 0 Å². The first-order valence-electron chi connectivity index (χ1n) is 2.44. The van der Waals surface area contributed by atoms with Crippen molar-refractivity contribution in [2.45, 2.75) is 0 Å². The summed E-state index contributed by atoms with van der Waals surface area (Å²) in [6.45, 7) is 4.53. The van der Waals surface area contributed by atoms with Crippen molar-refractivity contribution in [3.63, 3.8) is 0 Å². The predicted octanol–water partition coefficient (Wildman–Crippen LogP) is 0.150. The summed E-state index contributed by atoms with van der Waals surface area (Å²) in [4.78, 5) is 18.3. The molecule has 0 atom stereocenters. The lowest BCUT2D eigenvalue weighted by Gasteiger charge is -2.01. The lowest BCUT2D eigenvalue weighted by molar-refractivity contribution is -0.191. The maximum absolute atomic E-state index is 8.12. The molecule has 0 aliphatic rings. The van der Waals surface area contributed by atoms with Crippen LogP contribution in [0.5, 0.6) is 0 Å². The number of rotatable bonds is 2. The van der Waals surface area contributed by atoms with Gasteiger partial charge in [-0.2, -0.15) is 9.59 Å². The summed E-state index contributed by atoms with van der Waals surface area (Å²) in [5.41, 5.74) is 0. The first-order valence-corrected chi connectivity index (χ1v) is 2.44. The zero-order valence-electron chi connectivity index (χ0n) is 5.76. The lowest BCUT2D eigenvalue weighted by atomic mass is 10.6. The van der Waals surface area contributed by atoms with Gasteiger partial charge in [0.25, 0.3) is 0 Å². The second-order valence-corrected chi connectivity index (χ2v) is 1.63. The fraction of sp³-hybridized carbons (Fsp3) is 0.500. The van der Waals surface area contributed by atoms with E-state index < -0.39 is 0 Å². The summed E-state index contributed by atoms with van der Waals surface area (Å²) in [5, 5.41) is 0. The zero-order valence-corrected chi connectivity index (χ0v) is 5.76. The molecule has 0 amide bonds. The Kier molecular flexibility index (Phi) is 12.3. The highest BCUT2D eigenvalue weighted by atomic mass is 16.2. The van der Waals surface area contributed by atoms with Crippen molar-refractivity contribution in [3.8, 4) is 0 Å². The molecule has 0 aromatic heterocycles. The topological polar surface area (TPSA) is 37.4 Å². The zero-order chi connectivity index (χ0) is 7.70. The van der Waals surface area contributed by atoms with Gasteiger partial charge in [0.2, 0.25) is 0 Å². The minimum absolute atomic E-state index is 0.250. The molecule has 52 valence electrons. The Morgan fingerprint density at radius 1 is 1.56 bits per heavy atom. The Morgan fingerprint density at radius 2 is 1.89 bits per heavy atom. The second kappa shape index (κ2) is 10.1. The van der Waals surface area contributed by atoms with Crippen LogP contribution in [-0.4, -0.2) is 31.7 Å². The van der Waals surface area contributed by atoms with E-state index in [0.717, 1.165) is 6.54 Å². The van der Waals surface area contributed by atoms with E-state index in [9.17, 15) is 0 Å². The van der Waals surface area contributed by atoms with Gasteiger partial charge in [0.1, 0.15) is 0 Å². The van der Waals surface area contributed by atoms with Crippen molar-refractivity contribution in [1.82, 2.24) is 4.90 Å². The maximum Gasteiger partial charge on any atom is 0.373 e. The minimum atomic E-state index is 0.250. The molecule has 3 heteroatoms. The van der Waals surface area contributed by atoms with Gasteiger partial charge in [0.15, 0.2) is 0 Å². The Labute approximate surface area is 55.0 Å². The van der Waals surface area contributed by atoms with Gasteiger partial charge >= 0.3 is 6.15 Å². The number of likely N-dealkylation sites (N-methyl/N-ethyl adjacent to an activating group) is 1. The minimum Gasteiger partial charge on any atom is -0.306 e. The van der Waals surface area contributed by atoms with Crippen LogP contribution in [0.2, 0.25) is 0 Å². The molecule has 0 heterocycles. The van der Waals surface area contributed by atoms with Crippen LogP contribution < -0.4 is 0 Å². The quantitative estimate of drug-likeness (QED) is 0.498. The largest absolute Gasteiger partial charge is 0.373 e. The standard InChI is InChI=1S/C5H11N.CO2/c1-4-5-6(2)3;2-1-3/h4H,1,5H2,2-3H3;. The van der Waals surface area contributed by atoms with Crippen molar-refractivity contribution in [1.29, 1.82) is 0 Å². The van der Waals surface area contributed by atoms with Crippen LogP contribution >= 0.6 is 0 Å². The van der Waals surface area contributed by atoms with Crippen molar-refractivity contribution in [2.75, 3.05) is 20.6 Å². The second-order valence-electron chi connectivity index (χ2n) is 1.63. The molecule has 0 bridgehead atoms. The summed E-state index contributed by atoms with van der Waals surface area (Å²) in [7, 11) is 4.03. The molecule has 0 aromatic rings. The SMILES string of the molecule is C=CCN(C)C.O=C=O. The van der Waals surface area contributed by atoms with Gasteiger partial charge in [-0.3, -0.25) is 0 Å². The van der Waals surface area contributed by atoms with Gasteiger partial charge in [-0.25, -0.2) is 0 Å². The summed E-state index contributed by atoms with van der Waals surface area (Å²) in [5.74, 6) is 0. The first kappa shape index (κ1) is 11.0. The maximum atomic E-state index is 8.12. The molecule has 0 aliphatic heterocycles. The molecule has 0 unspecified atom stereocenters. The van der Waals surface area contributed by atoms with Crippen molar-refractivity contribution < 1.29 is 9.59 Å². The highest BCUT2D eigenvalue weighted by Crippen LogP contribution is 1.69. The highest BCUT2D eigenvalue weighted by molar-refractivity contribution is 5.20. The molecular weight excluding hydrogens is 118 g/mol. The summed E-state index contributed by atoms with van der Waals surface area (Å²) >= 11 is 0. The van der Waals surface area contributed by atoms with Crippen molar-refractivity contribution in [3.05, 3.63) is 12.7 Å². The van der Waals surface area contributed by atoms with E-state index in [1.165, 1.54) is 0 Å². The normalized spacial score (nSPS) is 7.00. The molecule has 0 saturated heterocycles. The monoisotopic (exact) mass is 129 g/mol. The van der Waals surface area contributed by atoms with Gasteiger partial charge in [0.05, 0.1) is 0 Å². The van der Waals surface area contributed by atoms with E-state index in [2.05, 4.69) is 11.5 Å². The summed E-state index contributed by atoms with van der Waals surface area (Å²) in [6.07, 6.45) is 2.12. The molecule has 3 nitrogen and oxygen atoms in total. The average Bonchev–Trinajstić information content (AvgIpc) is 1.67. The highest BCUT2D eigenvalue weighted by Gasteiger charge is 1.75. The molecule has 0 aromatic carbocycles. The van der Waals surface area contributed by atoms with E-state index in [1.807, 2.05) is 20.2 Å². The van der Waals surface area contributed by atoms with Gasteiger partial charge in [-0.15, -0.1) is 6.58 Å². The average molecular weight is 129 g/mol. The molecule has 0 N–H and O–H groups in total. The molecule has 0 saturated carbocycles. The Hall–Kier alpha value is -0.920. The third-order valence-corrected chi connectivity index (χ3v) is 0.494. The van der Waals surface area contributed by atoms with E-state index in [0.29, 0.717) is 0 Å². The molecule has 9 heavy (non-hydrogen) atoms. The van der Waals surface area contributed by atoms with E-state index in [1.54, 1.807) is 0 Å². The van der Waals surface area contributed by atoms with Crippen LogP contribution in [0.3, 0.4) is 0 Å². The Bertz CT molecular complexity index is 93.2. The molecule has 0 radical (unpaired) electrons. The van der Waals surface area contributed by atoms with Crippen molar-refractivity contribution >= 4 is 6.15 Å². The number of hydrogen-bond acceptors (Lipinski definition) is 3. The van der Waals surface area contributed by atoms with Gasteiger partial charge < -0.3 is 4.90 Å². The fourth-order valence-electron chi connectivity index (χ4n) is 0.258. The Morgan fingerprint density at radius 3 is 1.89 bits per heavy atom. The molecule has 0 spiro atoms. The lowest BCUT2D eigenvalue weighted by Crippen LogP contribution is -2.09. The van der Waals surface area contributed by atoms with Crippen molar-refractivity contribution in [2.24, 2.45) is 0 Å².